The Bertz CT molecular complexity index is 724. The van der Waals surface area contributed by atoms with Crippen LogP contribution in [0.1, 0.15) is 60.9 Å². The molecule has 2 aromatic heterocycles. The Balaban J connectivity index is 1.62. The highest BCUT2D eigenvalue weighted by Crippen LogP contribution is 2.34. The molecule has 1 N–H and O–H groups in total. The Labute approximate surface area is 149 Å². The molecule has 2 aliphatic rings. The third kappa shape index (κ3) is 3.48. The van der Waals surface area contributed by atoms with Gasteiger partial charge in [0.05, 0.1) is 30.6 Å². The second kappa shape index (κ2) is 7.26. The highest BCUT2D eigenvalue weighted by Gasteiger charge is 2.29. The summed E-state index contributed by atoms with van der Waals surface area (Å²) in [6, 6.07) is 4.70. The van der Waals surface area contributed by atoms with Gasteiger partial charge in [0.25, 0.3) is 0 Å². The van der Waals surface area contributed by atoms with Gasteiger partial charge < -0.3 is 4.74 Å². The van der Waals surface area contributed by atoms with E-state index in [1.807, 2.05) is 6.20 Å². The van der Waals surface area contributed by atoms with E-state index in [2.05, 4.69) is 41.1 Å². The lowest BCUT2D eigenvalue weighted by Crippen LogP contribution is -2.35. The van der Waals surface area contributed by atoms with Crippen molar-refractivity contribution >= 4 is 0 Å². The van der Waals surface area contributed by atoms with Crippen LogP contribution < -0.4 is 0 Å². The maximum atomic E-state index is 5.67. The molecule has 25 heavy (non-hydrogen) atoms. The van der Waals surface area contributed by atoms with Crippen LogP contribution in [0.5, 0.6) is 0 Å². The average molecular weight is 340 g/mol. The molecule has 1 aliphatic heterocycles. The number of pyridine rings is 1. The van der Waals surface area contributed by atoms with Gasteiger partial charge in [0.1, 0.15) is 0 Å². The fourth-order valence-corrected chi connectivity index (χ4v) is 4.20. The van der Waals surface area contributed by atoms with E-state index in [0.29, 0.717) is 18.6 Å². The lowest BCUT2D eigenvalue weighted by molar-refractivity contribution is 0.106. The van der Waals surface area contributed by atoms with E-state index in [0.717, 1.165) is 38.2 Å². The van der Waals surface area contributed by atoms with Crippen molar-refractivity contribution in [2.24, 2.45) is 5.92 Å². The first-order valence-electron chi connectivity index (χ1n) is 9.53. The Kier molecular flexibility index (Phi) is 4.86. The number of H-pyrrole nitrogens is 1. The molecule has 0 aromatic carbocycles. The monoisotopic (exact) mass is 340 g/mol. The topological polar surface area (TPSA) is 54.0 Å². The van der Waals surface area contributed by atoms with Gasteiger partial charge in [-0.15, -0.1) is 0 Å². The lowest BCUT2D eigenvalue weighted by Gasteiger charge is -2.36. The van der Waals surface area contributed by atoms with Crippen molar-refractivity contribution in [3.05, 3.63) is 46.5 Å². The van der Waals surface area contributed by atoms with E-state index in [4.69, 9.17) is 9.72 Å². The number of fused-ring (bicyclic) bond motifs is 2. The van der Waals surface area contributed by atoms with Gasteiger partial charge in [-0.25, -0.2) is 0 Å². The summed E-state index contributed by atoms with van der Waals surface area (Å²) in [4.78, 5) is 7.34. The largest absolute Gasteiger partial charge is 0.376 e. The molecule has 0 fully saturated rings. The molecule has 5 nitrogen and oxygen atoms in total. The van der Waals surface area contributed by atoms with Crippen LogP contribution in [0.25, 0.3) is 0 Å². The van der Waals surface area contributed by atoms with Gasteiger partial charge in [-0.2, -0.15) is 5.10 Å². The fraction of sp³-hybridized carbons (Fsp3) is 0.600. The van der Waals surface area contributed by atoms with Gasteiger partial charge in [-0.05, 0) is 36.8 Å². The molecule has 134 valence electrons. The number of ether oxygens (including phenoxy) is 1. The molecular weight excluding hydrogens is 312 g/mol. The number of hydrogen-bond donors (Lipinski definition) is 1. The molecule has 3 heterocycles. The average Bonchev–Trinajstić information content (AvgIpc) is 3.03. The van der Waals surface area contributed by atoms with E-state index in [1.54, 1.807) is 0 Å². The molecule has 5 heteroatoms. The van der Waals surface area contributed by atoms with Crippen LogP contribution in [-0.4, -0.2) is 33.2 Å². The number of aryl methyl sites for hydroxylation is 1. The van der Waals surface area contributed by atoms with Gasteiger partial charge in [-0.1, -0.05) is 19.9 Å². The Hall–Kier alpha value is -1.72. The van der Waals surface area contributed by atoms with Crippen LogP contribution >= 0.6 is 0 Å². The van der Waals surface area contributed by atoms with Crippen LogP contribution in [0.4, 0.5) is 0 Å². The zero-order chi connectivity index (χ0) is 17.2. The molecule has 4 rings (SSSR count). The van der Waals surface area contributed by atoms with E-state index in [-0.39, 0.29) is 0 Å². The van der Waals surface area contributed by atoms with E-state index in [1.165, 1.54) is 35.4 Å². The first-order valence-corrected chi connectivity index (χ1v) is 9.53. The maximum Gasteiger partial charge on any atom is 0.0820 e. The van der Waals surface area contributed by atoms with E-state index in [9.17, 15) is 0 Å². The Morgan fingerprint density at radius 1 is 1.36 bits per heavy atom. The molecule has 2 aromatic rings. The molecule has 1 atom stereocenters. The van der Waals surface area contributed by atoms with Crippen molar-refractivity contribution < 1.29 is 4.74 Å². The van der Waals surface area contributed by atoms with Gasteiger partial charge in [0.2, 0.25) is 0 Å². The van der Waals surface area contributed by atoms with Gasteiger partial charge >= 0.3 is 0 Å². The van der Waals surface area contributed by atoms with Crippen molar-refractivity contribution in [2.45, 2.75) is 58.7 Å². The summed E-state index contributed by atoms with van der Waals surface area (Å²) < 4.78 is 5.67. The minimum Gasteiger partial charge on any atom is -0.376 e. The summed E-state index contributed by atoms with van der Waals surface area (Å²) in [5.74, 6) is 0.611. The Morgan fingerprint density at radius 2 is 2.28 bits per heavy atom. The van der Waals surface area contributed by atoms with Crippen LogP contribution in [0.2, 0.25) is 0 Å². The van der Waals surface area contributed by atoms with Crippen molar-refractivity contribution in [3.63, 3.8) is 0 Å². The molecule has 0 saturated carbocycles. The summed E-state index contributed by atoms with van der Waals surface area (Å²) >= 11 is 0. The first kappa shape index (κ1) is 16.7. The van der Waals surface area contributed by atoms with Crippen LogP contribution in [0.15, 0.2) is 18.3 Å². The van der Waals surface area contributed by atoms with Crippen LogP contribution in [-0.2, 0) is 30.7 Å². The maximum absolute atomic E-state index is 5.67. The molecule has 0 bridgehead atoms. The molecule has 0 radical (unpaired) electrons. The minimum absolute atomic E-state index is 0.393. The Morgan fingerprint density at radius 3 is 3.16 bits per heavy atom. The van der Waals surface area contributed by atoms with Crippen molar-refractivity contribution in [1.29, 1.82) is 0 Å². The third-order valence-corrected chi connectivity index (χ3v) is 5.34. The number of nitrogens with zero attached hydrogens (tertiary/aromatic N) is 3. The number of rotatable bonds is 5. The van der Waals surface area contributed by atoms with Gasteiger partial charge in [0.15, 0.2) is 0 Å². The lowest BCUT2D eigenvalue weighted by atomic mass is 9.90. The molecule has 0 saturated heterocycles. The van der Waals surface area contributed by atoms with Crippen molar-refractivity contribution in [2.75, 3.05) is 13.2 Å². The van der Waals surface area contributed by atoms with Gasteiger partial charge in [-0.3, -0.25) is 15.0 Å². The first-order chi connectivity index (χ1) is 12.2. The highest BCUT2D eigenvalue weighted by atomic mass is 16.5. The van der Waals surface area contributed by atoms with Crippen LogP contribution in [0, 0.1) is 5.92 Å². The summed E-state index contributed by atoms with van der Waals surface area (Å²) in [5, 5.41) is 7.86. The van der Waals surface area contributed by atoms with Gasteiger partial charge in [0, 0.05) is 37.0 Å². The quantitative estimate of drug-likeness (QED) is 0.906. The zero-order valence-electron chi connectivity index (χ0n) is 15.3. The minimum atomic E-state index is 0.393. The molecular formula is C20H28N4O. The fourth-order valence-electron chi connectivity index (χ4n) is 4.20. The second-order valence-electron chi connectivity index (χ2n) is 7.71. The molecule has 1 aliphatic carbocycles. The molecule has 0 amide bonds. The normalized spacial score (nSPS) is 19.9. The predicted octanol–water partition coefficient (Wildman–Crippen LogP) is 3.41. The number of aromatic nitrogens is 3. The number of nitrogens with one attached hydrogen (secondary N) is 1. The third-order valence-electron chi connectivity index (χ3n) is 5.34. The molecule has 1 unspecified atom stereocenters. The summed E-state index contributed by atoms with van der Waals surface area (Å²) in [6.07, 6.45) is 6.45. The summed E-state index contributed by atoms with van der Waals surface area (Å²) in [5.41, 5.74) is 6.37. The molecule has 0 spiro atoms. The number of hydrogen-bond acceptors (Lipinski definition) is 4. The van der Waals surface area contributed by atoms with Crippen molar-refractivity contribution in [3.8, 4) is 0 Å². The standard InChI is InChI=1S/C20H28N4O/c1-14(2)11-24(12-18-16-13-25-10-8-17(16)22-23-18)19-7-3-5-15-6-4-9-21-20(15)19/h4,6,9,14,19H,3,5,7-8,10-13H2,1-2H3,(H,22,23). The zero-order valence-corrected chi connectivity index (χ0v) is 15.3. The van der Waals surface area contributed by atoms with Crippen LogP contribution in [0.3, 0.4) is 0 Å². The second-order valence-corrected chi connectivity index (χ2v) is 7.71. The number of aromatic amines is 1. The summed E-state index contributed by atoms with van der Waals surface area (Å²) in [7, 11) is 0. The smallest absolute Gasteiger partial charge is 0.0820 e. The predicted molar refractivity (Wildman–Crippen MR) is 97.1 cm³/mol. The SMILES string of the molecule is CC(C)CN(Cc1n[nH]c2c1COCC2)C1CCCc2cccnc21. The highest BCUT2D eigenvalue weighted by molar-refractivity contribution is 5.28. The van der Waals surface area contributed by atoms with E-state index < -0.39 is 0 Å². The van der Waals surface area contributed by atoms with E-state index >= 15 is 0 Å². The summed E-state index contributed by atoms with van der Waals surface area (Å²) in [6.45, 7) is 7.99. The van der Waals surface area contributed by atoms with Crippen molar-refractivity contribution in [1.82, 2.24) is 20.1 Å².